The molecular weight excluding hydrogens is 400 g/mol. The topological polar surface area (TPSA) is 59.3 Å². The largest absolute Gasteiger partial charge is 0.352 e. The van der Waals surface area contributed by atoms with Gasteiger partial charge in [-0.2, -0.15) is 4.98 Å². The second kappa shape index (κ2) is 8.04. The zero-order valence-corrected chi connectivity index (χ0v) is 16.5. The lowest BCUT2D eigenvalue weighted by Crippen LogP contribution is -2.23. The third kappa shape index (κ3) is 4.10. The van der Waals surface area contributed by atoms with Crippen molar-refractivity contribution >= 4 is 51.2 Å². The van der Waals surface area contributed by atoms with Gasteiger partial charge in [0.1, 0.15) is 0 Å². The van der Waals surface area contributed by atoms with Gasteiger partial charge < -0.3 is 5.32 Å². The molecule has 1 amide bonds. The fourth-order valence-corrected chi connectivity index (χ4v) is 4.26. The molecule has 3 aromatic heterocycles. The van der Waals surface area contributed by atoms with E-state index >= 15 is 0 Å². The molecule has 0 bridgehead atoms. The first-order valence-electron chi connectivity index (χ1n) is 8.28. The quantitative estimate of drug-likeness (QED) is 0.471. The fraction of sp³-hybridized carbons (Fsp3) is 0.105. The van der Waals surface area contributed by atoms with Gasteiger partial charge in [0.05, 0.1) is 10.6 Å². The van der Waals surface area contributed by atoms with E-state index in [1.165, 1.54) is 6.08 Å². The molecule has 0 aliphatic heterocycles. The van der Waals surface area contributed by atoms with Crippen LogP contribution in [0.25, 0.3) is 21.7 Å². The van der Waals surface area contributed by atoms with Crippen molar-refractivity contribution < 1.29 is 4.79 Å². The number of halogens is 1. The maximum atomic E-state index is 12.0. The highest BCUT2D eigenvalue weighted by Crippen LogP contribution is 2.24. The molecule has 0 atom stereocenters. The van der Waals surface area contributed by atoms with Crippen molar-refractivity contribution in [2.75, 3.05) is 6.54 Å². The van der Waals surface area contributed by atoms with E-state index in [9.17, 15) is 4.79 Å². The zero-order valence-electron chi connectivity index (χ0n) is 14.1. The van der Waals surface area contributed by atoms with Crippen molar-refractivity contribution in [1.29, 1.82) is 0 Å². The SMILES string of the molecule is O=C(C=Cc1ccccc1Cl)NCCc1csc2nc(-c3cccs3)nn12. The number of carbonyl (C=O) groups is 1. The summed E-state index contributed by atoms with van der Waals surface area (Å²) in [5, 5.41) is 12.1. The summed E-state index contributed by atoms with van der Waals surface area (Å²) in [6.07, 6.45) is 3.89. The number of hydrogen-bond acceptors (Lipinski definition) is 5. The Morgan fingerprint density at radius 3 is 2.93 bits per heavy atom. The number of nitrogens with zero attached hydrogens (tertiary/aromatic N) is 3. The number of amides is 1. The van der Waals surface area contributed by atoms with Gasteiger partial charge in [-0.15, -0.1) is 27.8 Å². The number of benzene rings is 1. The lowest BCUT2D eigenvalue weighted by atomic mass is 10.2. The predicted octanol–water partition coefficient (Wildman–Crippen LogP) is 4.54. The van der Waals surface area contributed by atoms with Gasteiger partial charge in [0.2, 0.25) is 10.9 Å². The van der Waals surface area contributed by atoms with Gasteiger partial charge in [0.25, 0.3) is 0 Å². The third-order valence-corrected chi connectivity index (χ3v) is 5.97. The van der Waals surface area contributed by atoms with E-state index in [4.69, 9.17) is 11.6 Å². The van der Waals surface area contributed by atoms with Gasteiger partial charge in [0, 0.05) is 29.4 Å². The molecule has 4 rings (SSSR count). The second-order valence-corrected chi connectivity index (χ2v) is 7.92. The summed E-state index contributed by atoms with van der Waals surface area (Å²) in [7, 11) is 0. The molecule has 0 saturated heterocycles. The highest BCUT2D eigenvalue weighted by molar-refractivity contribution is 7.15. The highest BCUT2D eigenvalue weighted by Gasteiger charge is 2.12. The van der Waals surface area contributed by atoms with Gasteiger partial charge in [-0.05, 0) is 29.2 Å². The summed E-state index contributed by atoms with van der Waals surface area (Å²) >= 11 is 9.25. The molecule has 4 aromatic rings. The van der Waals surface area contributed by atoms with Gasteiger partial charge in [-0.1, -0.05) is 35.9 Å². The summed E-state index contributed by atoms with van der Waals surface area (Å²) in [5.74, 6) is 0.587. The molecule has 27 heavy (non-hydrogen) atoms. The van der Waals surface area contributed by atoms with Crippen LogP contribution in [-0.4, -0.2) is 27.0 Å². The van der Waals surface area contributed by atoms with Crippen LogP contribution in [0.1, 0.15) is 11.3 Å². The molecule has 0 unspecified atom stereocenters. The predicted molar refractivity (Wildman–Crippen MR) is 111 cm³/mol. The second-order valence-electron chi connectivity index (χ2n) is 5.73. The fourth-order valence-electron chi connectivity index (χ4n) is 2.56. The Bertz CT molecular complexity index is 1100. The van der Waals surface area contributed by atoms with E-state index in [0.717, 1.165) is 26.9 Å². The maximum absolute atomic E-state index is 12.0. The first-order valence-corrected chi connectivity index (χ1v) is 10.4. The van der Waals surface area contributed by atoms with E-state index < -0.39 is 0 Å². The van der Waals surface area contributed by atoms with Gasteiger partial charge in [-0.3, -0.25) is 4.79 Å². The van der Waals surface area contributed by atoms with Crippen LogP contribution < -0.4 is 5.32 Å². The van der Waals surface area contributed by atoms with Crippen LogP contribution >= 0.6 is 34.3 Å². The van der Waals surface area contributed by atoms with Crippen molar-refractivity contribution in [2.24, 2.45) is 0 Å². The molecule has 5 nitrogen and oxygen atoms in total. The molecule has 1 aromatic carbocycles. The van der Waals surface area contributed by atoms with Crippen molar-refractivity contribution in [3.63, 3.8) is 0 Å². The van der Waals surface area contributed by atoms with Crippen LogP contribution in [0.5, 0.6) is 0 Å². The Balaban J connectivity index is 1.36. The minimum atomic E-state index is -0.153. The lowest BCUT2D eigenvalue weighted by Gasteiger charge is -2.01. The minimum absolute atomic E-state index is 0.153. The van der Waals surface area contributed by atoms with E-state index in [-0.39, 0.29) is 5.91 Å². The van der Waals surface area contributed by atoms with Gasteiger partial charge >= 0.3 is 0 Å². The molecule has 0 saturated carbocycles. The Hall–Kier alpha value is -2.48. The zero-order chi connectivity index (χ0) is 18.6. The summed E-state index contributed by atoms with van der Waals surface area (Å²) in [4.78, 5) is 18.5. The Labute approximate surface area is 169 Å². The molecule has 136 valence electrons. The van der Waals surface area contributed by atoms with Crippen LogP contribution in [0.3, 0.4) is 0 Å². The number of nitrogens with one attached hydrogen (secondary N) is 1. The molecule has 0 fully saturated rings. The number of thiazole rings is 1. The van der Waals surface area contributed by atoms with E-state index in [0.29, 0.717) is 18.0 Å². The molecule has 8 heteroatoms. The summed E-state index contributed by atoms with van der Waals surface area (Å²) in [6.45, 7) is 0.520. The van der Waals surface area contributed by atoms with Crippen LogP contribution in [0.15, 0.2) is 53.2 Å². The smallest absolute Gasteiger partial charge is 0.244 e. The molecular formula is C19H15ClN4OS2. The number of hydrogen-bond donors (Lipinski definition) is 1. The number of aromatic nitrogens is 3. The van der Waals surface area contributed by atoms with Crippen LogP contribution in [0.2, 0.25) is 5.02 Å². The summed E-state index contributed by atoms with van der Waals surface area (Å²) in [6, 6.07) is 11.4. The molecule has 1 N–H and O–H groups in total. The Morgan fingerprint density at radius 2 is 2.11 bits per heavy atom. The van der Waals surface area contributed by atoms with Crippen molar-refractivity contribution in [3.05, 3.63) is 69.5 Å². The molecule has 0 radical (unpaired) electrons. The number of thiophene rings is 1. The first kappa shape index (κ1) is 17.9. The molecule has 0 aliphatic rings. The molecule has 0 aliphatic carbocycles. The summed E-state index contributed by atoms with van der Waals surface area (Å²) < 4.78 is 1.85. The van der Waals surface area contributed by atoms with Crippen molar-refractivity contribution in [3.8, 4) is 10.7 Å². The van der Waals surface area contributed by atoms with Crippen LogP contribution in [0, 0.1) is 0 Å². The van der Waals surface area contributed by atoms with E-state index in [2.05, 4.69) is 15.4 Å². The number of rotatable bonds is 6. The monoisotopic (exact) mass is 414 g/mol. The van der Waals surface area contributed by atoms with Crippen LogP contribution in [-0.2, 0) is 11.2 Å². The van der Waals surface area contributed by atoms with Crippen LogP contribution in [0.4, 0.5) is 0 Å². The standard InChI is InChI=1S/C19H15ClN4OS2/c20-15-5-2-1-4-13(15)7-8-17(25)21-10-9-14-12-27-19-22-18(23-24(14)19)16-6-3-11-26-16/h1-8,11-12H,9-10H2,(H,21,25). The molecule has 0 spiro atoms. The summed E-state index contributed by atoms with van der Waals surface area (Å²) in [5.41, 5.74) is 1.85. The van der Waals surface area contributed by atoms with E-state index in [1.807, 2.05) is 45.6 Å². The normalized spacial score (nSPS) is 11.4. The Kier molecular flexibility index (Phi) is 5.33. The lowest BCUT2D eigenvalue weighted by molar-refractivity contribution is -0.116. The average Bonchev–Trinajstić information content (AvgIpc) is 3.39. The first-order chi connectivity index (χ1) is 13.2. The molecule has 3 heterocycles. The van der Waals surface area contributed by atoms with E-state index in [1.54, 1.807) is 34.8 Å². The maximum Gasteiger partial charge on any atom is 0.244 e. The van der Waals surface area contributed by atoms with Gasteiger partial charge in [-0.25, -0.2) is 4.52 Å². The number of fused-ring (bicyclic) bond motifs is 1. The third-order valence-electron chi connectivity index (χ3n) is 3.89. The number of carbonyl (C=O) groups excluding carboxylic acids is 1. The van der Waals surface area contributed by atoms with Gasteiger partial charge in [0.15, 0.2) is 5.82 Å². The Morgan fingerprint density at radius 1 is 1.22 bits per heavy atom. The van der Waals surface area contributed by atoms with Crippen molar-refractivity contribution in [2.45, 2.75) is 6.42 Å². The average molecular weight is 415 g/mol. The minimum Gasteiger partial charge on any atom is -0.352 e. The van der Waals surface area contributed by atoms with Crippen molar-refractivity contribution in [1.82, 2.24) is 19.9 Å². The highest BCUT2D eigenvalue weighted by atomic mass is 35.5.